The van der Waals surface area contributed by atoms with Gasteiger partial charge in [0.25, 0.3) is 5.91 Å². The van der Waals surface area contributed by atoms with Crippen LogP contribution in [-0.4, -0.2) is 39.4 Å². The monoisotopic (exact) mass is 487 g/mol. The molecule has 3 aromatic rings. The number of hydrogen-bond acceptors (Lipinski definition) is 6. The van der Waals surface area contributed by atoms with Crippen LogP contribution < -0.4 is 15.4 Å². The lowest BCUT2D eigenvalue weighted by Crippen LogP contribution is -2.33. The number of hydrogen-bond donors (Lipinski definition) is 2. The fourth-order valence-corrected chi connectivity index (χ4v) is 3.99. The Balaban J connectivity index is 1.66. The van der Waals surface area contributed by atoms with Crippen molar-refractivity contribution in [3.05, 3.63) is 64.9 Å². The van der Waals surface area contributed by atoms with Crippen molar-refractivity contribution in [1.82, 2.24) is 20.1 Å². The highest BCUT2D eigenvalue weighted by Crippen LogP contribution is 2.28. The summed E-state index contributed by atoms with van der Waals surface area (Å²) in [5, 5.41) is 15.3. The Hall–Kier alpha value is -3.04. The van der Waals surface area contributed by atoms with Crippen molar-refractivity contribution in [3.8, 4) is 5.75 Å². The summed E-state index contributed by atoms with van der Waals surface area (Å²) in [5.74, 6) is 0.989. The summed E-state index contributed by atoms with van der Waals surface area (Å²) in [4.78, 5) is 25.1. The van der Waals surface area contributed by atoms with Gasteiger partial charge in [-0.3, -0.25) is 9.59 Å². The lowest BCUT2D eigenvalue weighted by atomic mass is 10.0. The minimum atomic E-state index is -0.339. The molecule has 2 amide bonds. The smallest absolute Gasteiger partial charge is 0.251 e. The van der Waals surface area contributed by atoms with E-state index in [1.54, 1.807) is 42.0 Å². The third-order valence-corrected chi connectivity index (χ3v) is 6.27. The minimum Gasteiger partial charge on any atom is -0.497 e. The van der Waals surface area contributed by atoms with Gasteiger partial charge in [-0.2, -0.15) is 0 Å². The Kier molecular flexibility index (Phi) is 8.35. The average molecular weight is 488 g/mol. The van der Waals surface area contributed by atoms with Crippen molar-refractivity contribution in [2.24, 2.45) is 13.0 Å². The number of ether oxygens (including phenoxy) is 1. The molecule has 0 fully saturated rings. The maximum absolute atomic E-state index is 12.7. The molecule has 0 saturated carbocycles. The zero-order valence-electron chi connectivity index (χ0n) is 18.8. The van der Waals surface area contributed by atoms with E-state index in [1.165, 1.54) is 11.8 Å². The minimum absolute atomic E-state index is 0.0805. The number of rotatable bonds is 9. The topological polar surface area (TPSA) is 98.1 Å². The van der Waals surface area contributed by atoms with Crippen molar-refractivity contribution < 1.29 is 14.3 Å². The predicted molar refractivity (Wildman–Crippen MR) is 130 cm³/mol. The Bertz CT molecular complexity index is 1120. The number of methoxy groups -OCH3 is 1. The number of carbonyl (C=O) groups is 2. The molecular weight excluding hydrogens is 462 g/mol. The molecule has 174 valence electrons. The number of aromatic nitrogens is 3. The summed E-state index contributed by atoms with van der Waals surface area (Å²) in [6.07, 6.45) is 0. The second-order valence-corrected chi connectivity index (χ2v) is 8.99. The quantitative estimate of drug-likeness (QED) is 0.436. The van der Waals surface area contributed by atoms with E-state index in [-0.39, 0.29) is 29.5 Å². The van der Waals surface area contributed by atoms with Gasteiger partial charge in [0.1, 0.15) is 5.75 Å². The summed E-state index contributed by atoms with van der Waals surface area (Å²) in [5.41, 5.74) is 1.05. The first-order chi connectivity index (χ1) is 15.8. The Morgan fingerprint density at radius 2 is 1.88 bits per heavy atom. The summed E-state index contributed by atoms with van der Waals surface area (Å²) in [6, 6.07) is 13.7. The summed E-state index contributed by atoms with van der Waals surface area (Å²) < 4.78 is 6.97. The maximum atomic E-state index is 12.7. The highest BCUT2D eigenvalue weighted by atomic mass is 35.5. The number of nitrogens with one attached hydrogen (secondary N) is 2. The van der Waals surface area contributed by atoms with Gasteiger partial charge < -0.3 is 19.9 Å². The molecule has 3 rings (SSSR count). The first kappa shape index (κ1) is 24.6. The van der Waals surface area contributed by atoms with Gasteiger partial charge in [-0.25, -0.2) is 0 Å². The molecule has 10 heteroatoms. The van der Waals surface area contributed by atoms with Crippen LogP contribution in [0.1, 0.15) is 36.1 Å². The van der Waals surface area contributed by atoms with Crippen LogP contribution in [0.2, 0.25) is 5.02 Å². The zero-order valence-corrected chi connectivity index (χ0v) is 20.4. The molecule has 2 aromatic carbocycles. The number of anilines is 1. The van der Waals surface area contributed by atoms with Gasteiger partial charge in [0.15, 0.2) is 11.0 Å². The summed E-state index contributed by atoms with van der Waals surface area (Å²) in [7, 11) is 3.36. The molecule has 33 heavy (non-hydrogen) atoms. The standard InChI is InChI=1S/C23H26ClN5O3S/c1-14(2)20(26-22(31)15-8-6-5-7-9-15)21-27-28-23(29(21)3)33-13-19(30)25-18-12-16(32-4)10-11-17(18)24/h5-12,14,20H,13H2,1-4H3,(H,25,30)(H,26,31)/t20-/m1/s1. The van der Waals surface area contributed by atoms with Crippen LogP contribution in [-0.2, 0) is 11.8 Å². The predicted octanol–water partition coefficient (Wildman–Crippen LogP) is 4.34. The molecule has 0 aliphatic carbocycles. The second kappa shape index (κ2) is 11.2. The molecule has 8 nitrogen and oxygen atoms in total. The number of carbonyl (C=O) groups excluding carboxylic acids is 2. The number of nitrogens with zero attached hydrogens (tertiary/aromatic N) is 3. The SMILES string of the molecule is COc1ccc(Cl)c(NC(=O)CSc2nnc([C@H](NC(=O)c3ccccc3)C(C)C)n2C)c1. The van der Waals surface area contributed by atoms with Crippen LogP contribution in [0.3, 0.4) is 0 Å². The van der Waals surface area contributed by atoms with Gasteiger partial charge in [0, 0.05) is 18.7 Å². The number of thioether (sulfide) groups is 1. The van der Waals surface area contributed by atoms with Crippen LogP contribution in [0.15, 0.2) is 53.7 Å². The molecule has 1 atom stereocenters. The van der Waals surface area contributed by atoms with Crippen LogP contribution >= 0.6 is 23.4 Å². The number of amides is 2. The second-order valence-electron chi connectivity index (χ2n) is 7.64. The highest BCUT2D eigenvalue weighted by Gasteiger charge is 2.25. The summed E-state index contributed by atoms with van der Waals surface area (Å²) in [6.45, 7) is 4.01. The van der Waals surface area contributed by atoms with E-state index in [0.717, 1.165) is 0 Å². The largest absolute Gasteiger partial charge is 0.497 e. The summed E-state index contributed by atoms with van der Waals surface area (Å²) >= 11 is 7.40. The molecule has 0 unspecified atom stereocenters. The van der Waals surface area contributed by atoms with Crippen molar-refractivity contribution in [2.75, 3.05) is 18.2 Å². The van der Waals surface area contributed by atoms with Crippen molar-refractivity contribution >= 4 is 40.9 Å². The van der Waals surface area contributed by atoms with Crippen LogP contribution in [0.4, 0.5) is 5.69 Å². The average Bonchev–Trinajstić information content (AvgIpc) is 3.17. The van der Waals surface area contributed by atoms with E-state index in [9.17, 15) is 9.59 Å². The van der Waals surface area contributed by atoms with Gasteiger partial charge in [0.2, 0.25) is 5.91 Å². The highest BCUT2D eigenvalue weighted by molar-refractivity contribution is 7.99. The van der Waals surface area contributed by atoms with E-state index in [1.807, 2.05) is 39.1 Å². The maximum Gasteiger partial charge on any atom is 0.251 e. The lowest BCUT2D eigenvalue weighted by molar-refractivity contribution is -0.113. The van der Waals surface area contributed by atoms with Crippen molar-refractivity contribution in [2.45, 2.75) is 25.0 Å². The normalized spacial score (nSPS) is 11.8. The molecule has 2 N–H and O–H groups in total. The van der Waals surface area contributed by atoms with Crippen LogP contribution in [0, 0.1) is 5.92 Å². The first-order valence-corrected chi connectivity index (χ1v) is 11.7. The Labute approximate surface area is 202 Å². The van der Waals surface area contributed by atoms with E-state index in [2.05, 4.69) is 20.8 Å². The van der Waals surface area contributed by atoms with E-state index in [0.29, 0.717) is 33.0 Å². The molecule has 0 spiro atoms. The fraction of sp³-hybridized carbons (Fsp3) is 0.304. The molecule has 0 aliphatic rings. The zero-order chi connectivity index (χ0) is 24.0. The first-order valence-electron chi connectivity index (χ1n) is 10.3. The third-order valence-electron chi connectivity index (χ3n) is 4.92. The van der Waals surface area contributed by atoms with Crippen LogP contribution in [0.25, 0.3) is 0 Å². The molecule has 0 bridgehead atoms. The fourth-order valence-electron chi connectivity index (χ4n) is 3.11. The molecule has 0 aliphatic heterocycles. The third kappa shape index (κ3) is 6.27. The van der Waals surface area contributed by atoms with E-state index in [4.69, 9.17) is 16.3 Å². The van der Waals surface area contributed by atoms with Crippen LogP contribution in [0.5, 0.6) is 5.75 Å². The van der Waals surface area contributed by atoms with Gasteiger partial charge in [-0.05, 0) is 30.2 Å². The van der Waals surface area contributed by atoms with Crippen molar-refractivity contribution in [1.29, 1.82) is 0 Å². The molecule has 1 heterocycles. The molecule has 1 aromatic heterocycles. The molecule has 0 saturated heterocycles. The van der Waals surface area contributed by atoms with Gasteiger partial charge in [-0.15, -0.1) is 10.2 Å². The Morgan fingerprint density at radius 3 is 2.55 bits per heavy atom. The lowest BCUT2D eigenvalue weighted by Gasteiger charge is -2.21. The van der Waals surface area contributed by atoms with Gasteiger partial charge >= 0.3 is 0 Å². The van der Waals surface area contributed by atoms with Gasteiger partial charge in [0.05, 0.1) is 29.6 Å². The van der Waals surface area contributed by atoms with E-state index < -0.39 is 0 Å². The van der Waals surface area contributed by atoms with Crippen molar-refractivity contribution in [3.63, 3.8) is 0 Å². The Morgan fingerprint density at radius 1 is 1.15 bits per heavy atom. The number of benzene rings is 2. The molecular formula is C23H26ClN5O3S. The van der Waals surface area contributed by atoms with Gasteiger partial charge in [-0.1, -0.05) is 55.4 Å². The molecule has 0 radical (unpaired) electrons. The number of halogens is 1. The van der Waals surface area contributed by atoms with E-state index >= 15 is 0 Å².